The second-order valence-electron chi connectivity index (χ2n) is 5.59. The molecule has 0 saturated heterocycles. The van der Waals surface area contributed by atoms with E-state index in [0.29, 0.717) is 31.1 Å². The molecule has 4 N–H and O–H groups in total. The van der Waals surface area contributed by atoms with Gasteiger partial charge in [-0.25, -0.2) is 0 Å². The fourth-order valence-electron chi connectivity index (χ4n) is 2.89. The van der Waals surface area contributed by atoms with Crippen molar-refractivity contribution in [2.75, 3.05) is 19.6 Å². The van der Waals surface area contributed by atoms with Crippen molar-refractivity contribution < 1.29 is 9.59 Å². The van der Waals surface area contributed by atoms with E-state index in [2.05, 4.69) is 26.6 Å². The fraction of sp³-hybridized carbons (Fsp3) is 0.500. The summed E-state index contributed by atoms with van der Waals surface area (Å²) in [6.07, 6.45) is 3.02. The summed E-state index contributed by atoms with van der Waals surface area (Å²) in [4.78, 5) is 24.0. The number of hydrogen-bond acceptors (Lipinski definition) is 3. The molecule has 0 unspecified atom stereocenters. The molecule has 0 heterocycles. The van der Waals surface area contributed by atoms with E-state index in [1.54, 1.807) is 12.1 Å². The van der Waals surface area contributed by atoms with Crippen molar-refractivity contribution in [1.82, 2.24) is 10.6 Å². The maximum atomic E-state index is 12.1. The van der Waals surface area contributed by atoms with Crippen molar-refractivity contribution in [3.05, 3.63) is 34.3 Å². The fourth-order valence-corrected chi connectivity index (χ4v) is 3.29. The van der Waals surface area contributed by atoms with E-state index in [1.165, 1.54) is 0 Å². The number of amides is 2. The highest BCUT2D eigenvalue weighted by Crippen LogP contribution is 2.30. The summed E-state index contributed by atoms with van der Waals surface area (Å²) in [6.45, 7) is 1.42. The molecule has 1 fully saturated rings. The van der Waals surface area contributed by atoms with Crippen LogP contribution < -0.4 is 16.4 Å². The first-order valence-corrected chi connectivity index (χ1v) is 8.42. The number of hydrogen-bond donors (Lipinski definition) is 3. The van der Waals surface area contributed by atoms with Gasteiger partial charge >= 0.3 is 0 Å². The lowest BCUT2D eigenvalue weighted by atomic mass is 9.95. The van der Waals surface area contributed by atoms with Crippen LogP contribution in [0.15, 0.2) is 28.7 Å². The summed E-state index contributed by atoms with van der Waals surface area (Å²) < 4.78 is 0.863. The minimum absolute atomic E-state index is 0.0331. The van der Waals surface area contributed by atoms with Gasteiger partial charge in [0.1, 0.15) is 0 Å². The standard InChI is InChI=1S/C16H22BrN3O2/c17-13-5-1-3-11(9-13)15(21)19-7-8-20-16(22)14-6-2-4-12(14)10-18/h1,3,5,9,12,14H,2,4,6-8,10,18H2,(H,19,21)(H,20,22)/t12-,14-/m1/s1. The molecule has 2 rings (SSSR count). The van der Waals surface area contributed by atoms with Crippen LogP contribution in [-0.2, 0) is 4.79 Å². The molecule has 22 heavy (non-hydrogen) atoms. The van der Waals surface area contributed by atoms with Gasteiger partial charge in [-0.3, -0.25) is 9.59 Å². The lowest BCUT2D eigenvalue weighted by molar-refractivity contribution is -0.125. The van der Waals surface area contributed by atoms with Gasteiger partial charge in [0.05, 0.1) is 0 Å². The molecule has 1 aromatic carbocycles. The lowest BCUT2D eigenvalue weighted by Gasteiger charge is -2.17. The van der Waals surface area contributed by atoms with Crippen LogP contribution in [0.1, 0.15) is 29.6 Å². The van der Waals surface area contributed by atoms with E-state index in [9.17, 15) is 9.59 Å². The number of benzene rings is 1. The van der Waals surface area contributed by atoms with Crippen molar-refractivity contribution in [3.63, 3.8) is 0 Å². The maximum Gasteiger partial charge on any atom is 0.251 e. The van der Waals surface area contributed by atoms with Crippen LogP contribution in [0.2, 0.25) is 0 Å². The Labute approximate surface area is 139 Å². The Morgan fingerprint density at radius 2 is 2.00 bits per heavy atom. The zero-order valence-corrected chi connectivity index (χ0v) is 14.1. The Morgan fingerprint density at radius 1 is 1.23 bits per heavy atom. The van der Waals surface area contributed by atoms with E-state index in [4.69, 9.17) is 5.73 Å². The first-order valence-electron chi connectivity index (χ1n) is 7.63. The average molecular weight is 368 g/mol. The third-order valence-corrected chi connectivity index (χ3v) is 4.59. The smallest absolute Gasteiger partial charge is 0.251 e. The molecular formula is C16H22BrN3O2. The minimum Gasteiger partial charge on any atom is -0.354 e. The molecule has 1 aromatic rings. The summed E-state index contributed by atoms with van der Waals surface area (Å²) in [5.41, 5.74) is 6.29. The van der Waals surface area contributed by atoms with Gasteiger partial charge in [0.15, 0.2) is 0 Å². The molecule has 0 aliphatic heterocycles. The van der Waals surface area contributed by atoms with E-state index in [0.717, 1.165) is 23.7 Å². The van der Waals surface area contributed by atoms with Crippen LogP contribution in [0.4, 0.5) is 0 Å². The van der Waals surface area contributed by atoms with Crippen molar-refractivity contribution in [2.45, 2.75) is 19.3 Å². The molecule has 0 radical (unpaired) electrons. The summed E-state index contributed by atoms with van der Waals surface area (Å²) in [7, 11) is 0. The second kappa shape index (κ2) is 8.29. The average Bonchev–Trinajstić information content (AvgIpc) is 2.99. The summed E-state index contributed by atoms with van der Waals surface area (Å²) in [6, 6.07) is 7.20. The van der Waals surface area contributed by atoms with Crippen LogP contribution in [0.5, 0.6) is 0 Å². The molecule has 0 spiro atoms. The molecule has 120 valence electrons. The quantitative estimate of drug-likeness (QED) is 0.668. The molecule has 0 bridgehead atoms. The highest BCUT2D eigenvalue weighted by Gasteiger charge is 2.31. The topological polar surface area (TPSA) is 84.2 Å². The molecule has 6 heteroatoms. The largest absolute Gasteiger partial charge is 0.354 e. The van der Waals surface area contributed by atoms with Crippen LogP contribution >= 0.6 is 15.9 Å². The number of nitrogens with two attached hydrogens (primary N) is 1. The SMILES string of the molecule is NC[C@H]1CCC[C@H]1C(=O)NCCNC(=O)c1cccc(Br)c1. The predicted octanol–water partition coefficient (Wildman–Crippen LogP) is 1.67. The molecular weight excluding hydrogens is 346 g/mol. The first kappa shape index (κ1) is 17.0. The van der Waals surface area contributed by atoms with Crippen molar-refractivity contribution in [2.24, 2.45) is 17.6 Å². The second-order valence-corrected chi connectivity index (χ2v) is 6.51. The van der Waals surface area contributed by atoms with Gasteiger partial charge in [-0.15, -0.1) is 0 Å². The van der Waals surface area contributed by atoms with E-state index in [-0.39, 0.29) is 17.7 Å². The first-order chi connectivity index (χ1) is 10.6. The third-order valence-electron chi connectivity index (χ3n) is 4.10. The van der Waals surface area contributed by atoms with Crippen molar-refractivity contribution in [1.29, 1.82) is 0 Å². The van der Waals surface area contributed by atoms with Crippen LogP contribution in [0.25, 0.3) is 0 Å². The van der Waals surface area contributed by atoms with Gasteiger partial charge in [-0.05, 0) is 43.5 Å². The lowest BCUT2D eigenvalue weighted by Crippen LogP contribution is -2.39. The zero-order valence-electron chi connectivity index (χ0n) is 12.5. The van der Waals surface area contributed by atoms with Gasteiger partial charge in [0.25, 0.3) is 5.91 Å². The molecule has 2 amide bonds. The third kappa shape index (κ3) is 4.55. The van der Waals surface area contributed by atoms with Gasteiger partial charge in [0.2, 0.25) is 5.91 Å². The highest BCUT2D eigenvalue weighted by atomic mass is 79.9. The Hall–Kier alpha value is -1.40. The number of rotatable bonds is 6. The molecule has 1 saturated carbocycles. The van der Waals surface area contributed by atoms with Gasteiger partial charge in [-0.1, -0.05) is 28.4 Å². The van der Waals surface area contributed by atoms with Gasteiger partial charge in [-0.2, -0.15) is 0 Å². The van der Waals surface area contributed by atoms with Crippen molar-refractivity contribution >= 4 is 27.7 Å². The molecule has 2 atom stereocenters. The van der Waals surface area contributed by atoms with Gasteiger partial charge < -0.3 is 16.4 Å². The van der Waals surface area contributed by atoms with E-state index < -0.39 is 0 Å². The van der Waals surface area contributed by atoms with E-state index in [1.807, 2.05) is 12.1 Å². The summed E-state index contributed by atoms with van der Waals surface area (Å²) in [5.74, 6) is 0.253. The number of carbonyl (C=O) groups is 2. The number of carbonyl (C=O) groups excluding carboxylic acids is 2. The van der Waals surface area contributed by atoms with Crippen LogP contribution in [0.3, 0.4) is 0 Å². The number of halogens is 1. The Balaban J connectivity index is 1.71. The molecule has 5 nitrogen and oxygen atoms in total. The van der Waals surface area contributed by atoms with Crippen LogP contribution in [-0.4, -0.2) is 31.4 Å². The van der Waals surface area contributed by atoms with Gasteiger partial charge in [0, 0.05) is 29.0 Å². The van der Waals surface area contributed by atoms with E-state index >= 15 is 0 Å². The molecule has 1 aliphatic rings. The number of nitrogens with one attached hydrogen (secondary N) is 2. The Kier molecular flexibility index (Phi) is 6.39. The predicted molar refractivity (Wildman–Crippen MR) is 89.4 cm³/mol. The Bertz CT molecular complexity index is 536. The maximum absolute atomic E-state index is 12.1. The van der Waals surface area contributed by atoms with Crippen LogP contribution in [0, 0.1) is 11.8 Å². The Morgan fingerprint density at radius 3 is 2.73 bits per heavy atom. The zero-order chi connectivity index (χ0) is 15.9. The summed E-state index contributed by atoms with van der Waals surface area (Å²) >= 11 is 3.33. The summed E-state index contributed by atoms with van der Waals surface area (Å²) in [5, 5.41) is 5.69. The monoisotopic (exact) mass is 367 g/mol. The molecule has 1 aliphatic carbocycles. The normalized spacial score (nSPS) is 20.6. The van der Waals surface area contributed by atoms with Crippen molar-refractivity contribution in [3.8, 4) is 0 Å². The highest BCUT2D eigenvalue weighted by molar-refractivity contribution is 9.10. The minimum atomic E-state index is -0.142. The molecule has 0 aromatic heterocycles.